The van der Waals surface area contributed by atoms with Crippen LogP contribution in [0.4, 0.5) is 0 Å². The van der Waals surface area contributed by atoms with Crippen LogP contribution < -0.4 is 0 Å². The molecule has 0 N–H and O–H groups in total. The predicted octanol–water partition coefficient (Wildman–Crippen LogP) is 5.18. The molecule has 1 heterocycles. The number of piperidine rings is 1. The predicted molar refractivity (Wildman–Crippen MR) is 104 cm³/mol. The third-order valence-electron chi connectivity index (χ3n) is 7.51. The van der Waals surface area contributed by atoms with E-state index in [9.17, 15) is 0 Å². The monoisotopic (exact) mass is 334 g/mol. The van der Waals surface area contributed by atoms with Crippen molar-refractivity contribution in [3.05, 3.63) is 0 Å². The molecule has 2 aliphatic carbocycles. The van der Waals surface area contributed by atoms with Crippen molar-refractivity contribution in [3.63, 3.8) is 0 Å². The Kier molecular flexibility index (Phi) is 6.30. The van der Waals surface area contributed by atoms with Crippen molar-refractivity contribution in [2.45, 2.75) is 85.0 Å². The summed E-state index contributed by atoms with van der Waals surface area (Å²) in [6.45, 7) is 15.3. The topological polar surface area (TPSA) is 6.48 Å². The first-order valence-corrected chi connectivity index (χ1v) is 11.1. The second kappa shape index (κ2) is 8.08. The van der Waals surface area contributed by atoms with Crippen LogP contribution in [0.5, 0.6) is 0 Å². The number of hydrogen-bond acceptors (Lipinski definition) is 2. The lowest BCUT2D eigenvalue weighted by molar-refractivity contribution is -0.0296. The van der Waals surface area contributed by atoms with Crippen molar-refractivity contribution < 1.29 is 0 Å². The normalized spacial score (nSPS) is 26.0. The third kappa shape index (κ3) is 4.55. The van der Waals surface area contributed by atoms with Crippen LogP contribution in [-0.2, 0) is 0 Å². The summed E-state index contributed by atoms with van der Waals surface area (Å²) in [5.74, 6) is 1.00. The average molecular weight is 335 g/mol. The second-order valence-corrected chi connectivity index (χ2v) is 9.56. The molecule has 1 spiro atoms. The minimum atomic E-state index is 0.743. The zero-order valence-electron chi connectivity index (χ0n) is 16.8. The van der Waals surface area contributed by atoms with E-state index >= 15 is 0 Å². The highest BCUT2D eigenvalue weighted by Gasteiger charge is 2.48. The number of rotatable bonds is 10. The molecule has 0 aromatic carbocycles. The Morgan fingerprint density at radius 2 is 1.62 bits per heavy atom. The summed E-state index contributed by atoms with van der Waals surface area (Å²) < 4.78 is 0. The molecule has 3 fully saturated rings. The highest BCUT2D eigenvalue weighted by molar-refractivity contribution is 5.00. The molecule has 1 saturated heterocycles. The maximum atomic E-state index is 2.81. The molecule has 0 unspecified atom stereocenters. The number of likely N-dealkylation sites (tertiary alicyclic amines) is 1. The molecule has 2 saturated carbocycles. The fourth-order valence-electron chi connectivity index (χ4n) is 5.52. The van der Waals surface area contributed by atoms with Crippen LogP contribution in [0.3, 0.4) is 0 Å². The summed E-state index contributed by atoms with van der Waals surface area (Å²) >= 11 is 0. The van der Waals surface area contributed by atoms with Crippen molar-refractivity contribution in [2.75, 3.05) is 39.3 Å². The Labute approximate surface area is 151 Å². The molecule has 3 aliphatic rings. The van der Waals surface area contributed by atoms with E-state index in [1.54, 1.807) is 0 Å². The summed E-state index contributed by atoms with van der Waals surface area (Å²) in [4.78, 5) is 5.56. The highest BCUT2D eigenvalue weighted by atomic mass is 15.1. The van der Waals surface area contributed by atoms with Gasteiger partial charge >= 0.3 is 0 Å². The van der Waals surface area contributed by atoms with Gasteiger partial charge in [0, 0.05) is 13.1 Å². The van der Waals surface area contributed by atoms with Gasteiger partial charge in [0.15, 0.2) is 0 Å². The minimum absolute atomic E-state index is 0.743. The first kappa shape index (κ1) is 18.7. The molecule has 140 valence electrons. The lowest BCUT2D eigenvalue weighted by Gasteiger charge is -2.53. The molecule has 2 nitrogen and oxygen atoms in total. The molecule has 1 aliphatic heterocycles. The fraction of sp³-hybridized carbons (Fsp3) is 1.00. The van der Waals surface area contributed by atoms with Crippen LogP contribution in [0.2, 0.25) is 0 Å². The summed E-state index contributed by atoms with van der Waals surface area (Å²) in [5.41, 5.74) is 1.50. The number of hydrogen-bond donors (Lipinski definition) is 0. The maximum Gasteiger partial charge on any atom is 0.00379 e. The number of nitrogens with zero attached hydrogens (tertiary/aromatic N) is 2. The zero-order chi connectivity index (χ0) is 17.0. The van der Waals surface area contributed by atoms with E-state index in [0.717, 1.165) is 16.7 Å². The van der Waals surface area contributed by atoms with Crippen LogP contribution in [0, 0.1) is 16.7 Å². The first-order valence-electron chi connectivity index (χ1n) is 11.1. The Morgan fingerprint density at radius 3 is 2.17 bits per heavy atom. The van der Waals surface area contributed by atoms with Crippen LogP contribution in [-0.4, -0.2) is 49.1 Å². The SMILES string of the molecule is CCCCN(CCC)CC1CC2(CCN(CC3(CC)CC3)CC2)C1. The van der Waals surface area contributed by atoms with Gasteiger partial charge in [0.2, 0.25) is 0 Å². The van der Waals surface area contributed by atoms with Gasteiger partial charge in [0.05, 0.1) is 0 Å². The van der Waals surface area contributed by atoms with Gasteiger partial charge in [-0.15, -0.1) is 0 Å². The summed E-state index contributed by atoms with van der Waals surface area (Å²) in [6.07, 6.45) is 14.5. The zero-order valence-corrected chi connectivity index (χ0v) is 16.8. The minimum Gasteiger partial charge on any atom is -0.303 e. The highest BCUT2D eigenvalue weighted by Crippen LogP contribution is 2.54. The molecule has 0 atom stereocenters. The summed E-state index contributed by atoms with van der Waals surface area (Å²) in [7, 11) is 0. The fourth-order valence-corrected chi connectivity index (χ4v) is 5.52. The van der Waals surface area contributed by atoms with Gasteiger partial charge in [-0.05, 0) is 101 Å². The van der Waals surface area contributed by atoms with Crippen LogP contribution in [0.1, 0.15) is 85.0 Å². The largest absolute Gasteiger partial charge is 0.303 e. The van der Waals surface area contributed by atoms with E-state index < -0.39 is 0 Å². The molecule has 0 aromatic rings. The standard InChI is InChI=1S/C22H42N2/c1-4-7-13-23(12-5-2)18-20-16-22(17-20)10-14-24(15-11-22)19-21(6-3)8-9-21/h20H,4-19H2,1-3H3. The molecule has 0 aromatic heterocycles. The third-order valence-corrected chi connectivity index (χ3v) is 7.51. The van der Waals surface area contributed by atoms with E-state index in [-0.39, 0.29) is 0 Å². The lowest BCUT2D eigenvalue weighted by atomic mass is 9.57. The number of unbranched alkanes of at least 4 members (excludes halogenated alkanes) is 1. The molecule has 0 bridgehead atoms. The Hall–Kier alpha value is -0.0800. The van der Waals surface area contributed by atoms with Crippen molar-refractivity contribution in [1.29, 1.82) is 0 Å². The lowest BCUT2D eigenvalue weighted by Crippen LogP contribution is -2.50. The second-order valence-electron chi connectivity index (χ2n) is 9.56. The molecular formula is C22H42N2. The van der Waals surface area contributed by atoms with Gasteiger partial charge in [-0.2, -0.15) is 0 Å². The van der Waals surface area contributed by atoms with Gasteiger partial charge < -0.3 is 9.80 Å². The van der Waals surface area contributed by atoms with Crippen molar-refractivity contribution >= 4 is 0 Å². The van der Waals surface area contributed by atoms with E-state index in [2.05, 4.69) is 30.6 Å². The average Bonchev–Trinajstić information content (AvgIpc) is 3.33. The molecular weight excluding hydrogens is 292 g/mol. The van der Waals surface area contributed by atoms with Crippen LogP contribution >= 0.6 is 0 Å². The van der Waals surface area contributed by atoms with Crippen molar-refractivity contribution in [3.8, 4) is 0 Å². The van der Waals surface area contributed by atoms with E-state index in [1.807, 2.05) is 0 Å². The summed E-state index contributed by atoms with van der Waals surface area (Å²) in [5, 5.41) is 0. The van der Waals surface area contributed by atoms with Crippen molar-refractivity contribution in [1.82, 2.24) is 9.80 Å². The molecule has 2 heteroatoms. The molecule has 24 heavy (non-hydrogen) atoms. The van der Waals surface area contributed by atoms with E-state index in [0.29, 0.717) is 0 Å². The van der Waals surface area contributed by atoms with Gasteiger partial charge in [-0.1, -0.05) is 27.2 Å². The van der Waals surface area contributed by atoms with Gasteiger partial charge in [-0.25, -0.2) is 0 Å². The van der Waals surface area contributed by atoms with Crippen LogP contribution in [0.15, 0.2) is 0 Å². The van der Waals surface area contributed by atoms with Crippen LogP contribution in [0.25, 0.3) is 0 Å². The Bertz CT molecular complexity index is 371. The van der Waals surface area contributed by atoms with Gasteiger partial charge in [0.1, 0.15) is 0 Å². The Balaban J connectivity index is 1.37. The summed E-state index contributed by atoms with van der Waals surface area (Å²) in [6, 6.07) is 0. The first-order chi connectivity index (χ1) is 11.6. The quantitative estimate of drug-likeness (QED) is 0.543. The van der Waals surface area contributed by atoms with Gasteiger partial charge in [0.25, 0.3) is 0 Å². The van der Waals surface area contributed by atoms with Gasteiger partial charge in [-0.3, -0.25) is 0 Å². The van der Waals surface area contributed by atoms with Crippen molar-refractivity contribution in [2.24, 2.45) is 16.7 Å². The molecule has 0 radical (unpaired) electrons. The maximum absolute atomic E-state index is 2.81. The Morgan fingerprint density at radius 1 is 0.917 bits per heavy atom. The van der Waals surface area contributed by atoms with E-state index in [1.165, 1.54) is 103 Å². The smallest absolute Gasteiger partial charge is 0.00379 e. The molecule has 3 rings (SSSR count). The van der Waals surface area contributed by atoms with E-state index in [4.69, 9.17) is 0 Å². The molecule has 0 amide bonds.